The monoisotopic (exact) mass is 1230 g/mol. The number of aliphatic hydroxyl groups is 7. The highest BCUT2D eigenvalue weighted by molar-refractivity contribution is 5.80. The lowest BCUT2D eigenvalue weighted by molar-refractivity contribution is -0.303. The number of rotatable bonds is 67. The molecule has 9 atom stereocenters. The van der Waals surface area contributed by atoms with Gasteiger partial charge in [-0.15, -0.1) is 0 Å². The van der Waals surface area contributed by atoms with Gasteiger partial charge in [-0.2, -0.15) is 0 Å². The van der Waals surface area contributed by atoms with Crippen molar-refractivity contribution in [1.82, 2.24) is 5.32 Å². The predicted octanol–water partition coefficient (Wildman–Crippen LogP) is 18.9. The zero-order valence-electron chi connectivity index (χ0n) is 57.0. The molecule has 11 nitrogen and oxygen atoms in total. The fourth-order valence-electron chi connectivity index (χ4n) is 12.4. The molecule has 8 N–H and O–H groups in total. The molecule has 0 aromatic rings. The summed E-state index contributed by atoms with van der Waals surface area (Å²) in [5.41, 5.74) is 0. The van der Waals surface area contributed by atoms with Crippen LogP contribution in [-0.2, 0) is 14.3 Å². The molecule has 9 unspecified atom stereocenters. The van der Waals surface area contributed by atoms with E-state index in [1.807, 2.05) is 0 Å². The normalized spacial score (nSPS) is 18.8. The number of carbonyl (C=O) groups excluding carboxylic acids is 1. The molecule has 1 saturated heterocycles. The number of allylic oxidation sites excluding steroid dienone is 6. The van der Waals surface area contributed by atoms with Crippen molar-refractivity contribution in [3.63, 3.8) is 0 Å². The van der Waals surface area contributed by atoms with Crippen LogP contribution in [0.4, 0.5) is 0 Å². The lowest BCUT2D eigenvalue weighted by atomic mass is 9.98. The number of hydrogen-bond acceptors (Lipinski definition) is 10. The maximum Gasteiger partial charge on any atom is 0.249 e. The minimum absolute atomic E-state index is 0.243. The Labute approximate surface area is 537 Å². The first-order chi connectivity index (χ1) is 42.7. The molecule has 1 rings (SSSR count). The summed E-state index contributed by atoms with van der Waals surface area (Å²) in [6, 6.07) is -1.20. The Balaban J connectivity index is 2.20. The minimum atomic E-state index is -1.67. The Bertz CT molecular complexity index is 1510. The van der Waals surface area contributed by atoms with Gasteiger partial charge in [0.2, 0.25) is 5.91 Å². The third-order valence-corrected chi connectivity index (χ3v) is 18.4. The molecule has 11 heteroatoms. The molecule has 0 aliphatic carbocycles. The summed E-state index contributed by atoms with van der Waals surface area (Å²) in [4.78, 5) is 13.3. The zero-order valence-corrected chi connectivity index (χ0v) is 57.0. The number of aliphatic hydroxyl groups excluding tert-OH is 7. The highest BCUT2D eigenvalue weighted by Gasteiger charge is 2.44. The van der Waals surface area contributed by atoms with Crippen LogP contribution in [0.25, 0.3) is 0 Å². The lowest BCUT2D eigenvalue weighted by Gasteiger charge is -2.40. The summed E-state index contributed by atoms with van der Waals surface area (Å²) in [6.07, 6.45) is 72.5. The maximum atomic E-state index is 13.3. The fourth-order valence-corrected chi connectivity index (χ4v) is 12.4. The molecule has 0 aromatic heterocycles. The van der Waals surface area contributed by atoms with Crippen molar-refractivity contribution < 1.29 is 50.0 Å². The Morgan fingerprint density at radius 1 is 0.391 bits per heavy atom. The van der Waals surface area contributed by atoms with Crippen LogP contribution in [0.1, 0.15) is 373 Å². The molecule has 0 bridgehead atoms. The molecule has 1 aliphatic heterocycles. The van der Waals surface area contributed by atoms with Gasteiger partial charge in [-0.25, -0.2) is 0 Å². The van der Waals surface area contributed by atoms with E-state index in [1.165, 1.54) is 283 Å². The van der Waals surface area contributed by atoms with E-state index in [0.29, 0.717) is 19.3 Å². The second-order valence-corrected chi connectivity index (χ2v) is 26.7. The number of nitrogens with one attached hydrogen (secondary N) is 1. The molecule has 0 saturated carbocycles. The van der Waals surface area contributed by atoms with Gasteiger partial charge in [0.25, 0.3) is 0 Å². The molecule has 1 amide bonds. The molecule has 0 spiro atoms. The summed E-state index contributed by atoms with van der Waals surface area (Å²) in [5.74, 6) is -0.705. The SMILES string of the molecule is CCCCCCCCCCCCCCCCCCC/C=C/CC/C=C/CC/C=C/CCCC(O)C(O)C(COC1OC(CO)C(O)C(O)C1O)NC(=O)C(O)CCCCCCCCCCCCCCCCCCCCCCCCCCCCCCCC. The van der Waals surface area contributed by atoms with Crippen molar-refractivity contribution in [2.24, 2.45) is 0 Å². The molecule has 514 valence electrons. The summed E-state index contributed by atoms with van der Waals surface area (Å²) in [6.45, 7) is 3.50. The number of ether oxygens (including phenoxy) is 2. The molecule has 0 aromatic carbocycles. The molecular weight excluding hydrogens is 1090 g/mol. The van der Waals surface area contributed by atoms with Gasteiger partial charge < -0.3 is 50.5 Å². The smallest absolute Gasteiger partial charge is 0.249 e. The molecule has 1 aliphatic rings. The summed E-state index contributed by atoms with van der Waals surface area (Å²) >= 11 is 0. The maximum absolute atomic E-state index is 13.3. The van der Waals surface area contributed by atoms with Crippen molar-refractivity contribution in [3.05, 3.63) is 36.5 Å². The number of unbranched alkanes of at least 4 members (excludes halogenated alkanes) is 49. The van der Waals surface area contributed by atoms with Crippen molar-refractivity contribution in [1.29, 1.82) is 0 Å². The Kier molecular flexibility index (Phi) is 61.7. The van der Waals surface area contributed by atoms with Crippen LogP contribution in [0.3, 0.4) is 0 Å². The Morgan fingerprint density at radius 3 is 1.02 bits per heavy atom. The van der Waals surface area contributed by atoms with Crippen LogP contribution in [0.5, 0.6) is 0 Å². The van der Waals surface area contributed by atoms with E-state index >= 15 is 0 Å². The quantitative estimate of drug-likeness (QED) is 0.0215. The van der Waals surface area contributed by atoms with Crippen molar-refractivity contribution in [2.45, 2.75) is 428 Å². The van der Waals surface area contributed by atoms with E-state index in [0.717, 1.165) is 44.9 Å². The van der Waals surface area contributed by atoms with Gasteiger partial charge in [-0.05, 0) is 64.2 Å². The van der Waals surface area contributed by atoms with Gasteiger partial charge in [0.05, 0.1) is 25.4 Å². The van der Waals surface area contributed by atoms with Crippen LogP contribution in [0.2, 0.25) is 0 Å². The highest BCUT2D eigenvalue weighted by atomic mass is 16.7. The average Bonchev–Trinajstić information content (AvgIpc) is 1.82. The van der Waals surface area contributed by atoms with E-state index < -0.39 is 74.2 Å². The fraction of sp³-hybridized carbons (Fsp3) is 0.908. The van der Waals surface area contributed by atoms with Gasteiger partial charge in [-0.1, -0.05) is 346 Å². The molecular formula is C76H145NO10. The summed E-state index contributed by atoms with van der Waals surface area (Å²) in [5, 5.41) is 76.6. The molecule has 0 radical (unpaired) electrons. The predicted molar refractivity (Wildman–Crippen MR) is 367 cm³/mol. The Hall–Kier alpha value is -1.67. The topological polar surface area (TPSA) is 189 Å². The lowest BCUT2D eigenvalue weighted by Crippen LogP contribution is -2.60. The summed E-state index contributed by atoms with van der Waals surface area (Å²) < 4.78 is 11.2. The van der Waals surface area contributed by atoms with E-state index in [9.17, 15) is 40.5 Å². The Morgan fingerprint density at radius 2 is 0.690 bits per heavy atom. The summed E-state index contributed by atoms with van der Waals surface area (Å²) in [7, 11) is 0. The first kappa shape index (κ1) is 83.3. The minimum Gasteiger partial charge on any atom is -0.394 e. The van der Waals surface area contributed by atoms with Crippen LogP contribution >= 0.6 is 0 Å². The number of hydrogen-bond donors (Lipinski definition) is 8. The average molecular weight is 1230 g/mol. The standard InChI is InChI=1S/C76H145NO10/c1-3-5-7-9-11-13-15-17-19-21-23-25-27-29-31-33-35-37-39-41-43-45-47-49-51-53-55-57-59-61-63-68(79)71(81)67(66-86-76-74(84)73(83)72(82)70(65-78)87-76)77-75(85)69(80)64-62-60-58-56-54-52-50-48-46-44-42-40-38-36-34-32-30-28-26-24-22-20-18-16-14-12-10-8-6-4-2/h39,41,47,49,55,57,67-74,76,78-84H,3-38,40,42-46,48,50-54,56,58-66H2,1-2H3,(H,77,85)/b41-39+,49-47+,57-55+. The largest absolute Gasteiger partial charge is 0.394 e. The van der Waals surface area contributed by atoms with E-state index in [-0.39, 0.29) is 12.8 Å². The van der Waals surface area contributed by atoms with Crippen LogP contribution < -0.4 is 5.32 Å². The van der Waals surface area contributed by atoms with Gasteiger partial charge >= 0.3 is 0 Å². The van der Waals surface area contributed by atoms with E-state index in [4.69, 9.17) is 9.47 Å². The number of carbonyl (C=O) groups is 1. The van der Waals surface area contributed by atoms with Crippen molar-refractivity contribution in [2.75, 3.05) is 13.2 Å². The van der Waals surface area contributed by atoms with Crippen molar-refractivity contribution in [3.8, 4) is 0 Å². The molecule has 87 heavy (non-hydrogen) atoms. The molecule has 1 fully saturated rings. The second-order valence-electron chi connectivity index (χ2n) is 26.7. The van der Waals surface area contributed by atoms with Gasteiger partial charge in [-0.3, -0.25) is 4.79 Å². The van der Waals surface area contributed by atoms with Gasteiger partial charge in [0, 0.05) is 0 Å². The van der Waals surface area contributed by atoms with Gasteiger partial charge in [0.1, 0.15) is 36.6 Å². The van der Waals surface area contributed by atoms with Crippen LogP contribution in [-0.4, -0.2) is 110 Å². The van der Waals surface area contributed by atoms with Crippen LogP contribution in [0, 0.1) is 0 Å². The van der Waals surface area contributed by atoms with Crippen LogP contribution in [0.15, 0.2) is 36.5 Å². The molecule has 1 heterocycles. The van der Waals surface area contributed by atoms with E-state index in [2.05, 4.69) is 55.6 Å². The zero-order chi connectivity index (χ0) is 63.1. The first-order valence-corrected chi connectivity index (χ1v) is 37.9. The van der Waals surface area contributed by atoms with Crippen molar-refractivity contribution >= 4 is 5.91 Å². The third kappa shape index (κ3) is 51.5. The first-order valence-electron chi connectivity index (χ1n) is 37.9. The van der Waals surface area contributed by atoms with Gasteiger partial charge in [0.15, 0.2) is 6.29 Å². The highest BCUT2D eigenvalue weighted by Crippen LogP contribution is 2.24. The third-order valence-electron chi connectivity index (χ3n) is 18.4. The second kappa shape index (κ2) is 64.4. The van der Waals surface area contributed by atoms with E-state index in [1.54, 1.807) is 0 Å². The number of amides is 1.